The molecule has 0 aliphatic carbocycles. The van der Waals surface area contributed by atoms with Gasteiger partial charge in [-0.05, 0) is 30.2 Å². The van der Waals surface area contributed by atoms with Crippen LogP contribution in [0.5, 0.6) is 0 Å². The van der Waals surface area contributed by atoms with Gasteiger partial charge in [0.2, 0.25) is 0 Å². The van der Waals surface area contributed by atoms with Crippen LogP contribution < -0.4 is 11.1 Å². The van der Waals surface area contributed by atoms with Crippen LogP contribution in [0.2, 0.25) is 0 Å². The predicted octanol–water partition coefficient (Wildman–Crippen LogP) is 0.891. The summed E-state index contributed by atoms with van der Waals surface area (Å²) in [5.74, 6) is -0.211. The lowest BCUT2D eigenvalue weighted by atomic mass is 9.83. The van der Waals surface area contributed by atoms with Crippen molar-refractivity contribution in [2.45, 2.75) is 12.5 Å². The van der Waals surface area contributed by atoms with Crippen molar-refractivity contribution in [2.24, 2.45) is 5.73 Å². The smallest absolute Gasteiger partial charge is 0.123 e. The second-order valence-electron chi connectivity index (χ2n) is 3.72. The summed E-state index contributed by atoms with van der Waals surface area (Å²) in [6, 6.07) is 4.78. The Labute approximate surface area is 76.9 Å². The van der Waals surface area contributed by atoms with Crippen molar-refractivity contribution in [3.63, 3.8) is 0 Å². The molecule has 13 heavy (non-hydrogen) atoms. The highest BCUT2D eigenvalue weighted by atomic mass is 19.1. The lowest BCUT2D eigenvalue weighted by Gasteiger charge is -2.40. The molecule has 1 aromatic carbocycles. The van der Waals surface area contributed by atoms with Crippen LogP contribution in [0.1, 0.15) is 11.1 Å². The third-order valence-electron chi connectivity index (χ3n) is 2.62. The minimum Gasteiger partial charge on any atom is -0.319 e. The van der Waals surface area contributed by atoms with Crippen molar-refractivity contribution in [3.05, 3.63) is 35.1 Å². The van der Waals surface area contributed by atoms with Gasteiger partial charge in [-0.1, -0.05) is 6.07 Å². The van der Waals surface area contributed by atoms with E-state index in [0.717, 1.165) is 24.2 Å². The van der Waals surface area contributed by atoms with E-state index >= 15 is 0 Å². The van der Waals surface area contributed by atoms with Crippen LogP contribution in [0.3, 0.4) is 0 Å². The Hall–Kier alpha value is -0.930. The van der Waals surface area contributed by atoms with Gasteiger partial charge < -0.3 is 11.1 Å². The topological polar surface area (TPSA) is 38.0 Å². The lowest BCUT2D eigenvalue weighted by Crippen LogP contribution is -2.63. The molecule has 0 unspecified atom stereocenters. The SMILES string of the molecule is Cc1ccc(F)cc1C1(N)CNC1. The Morgan fingerprint density at radius 2 is 2.15 bits per heavy atom. The molecule has 0 bridgehead atoms. The first-order chi connectivity index (χ1) is 6.12. The molecule has 1 saturated heterocycles. The maximum atomic E-state index is 13.0. The summed E-state index contributed by atoms with van der Waals surface area (Å²) in [6.45, 7) is 3.43. The maximum absolute atomic E-state index is 13.0. The molecule has 0 saturated carbocycles. The maximum Gasteiger partial charge on any atom is 0.123 e. The summed E-state index contributed by atoms with van der Waals surface area (Å²) in [4.78, 5) is 0. The van der Waals surface area contributed by atoms with Crippen molar-refractivity contribution < 1.29 is 4.39 Å². The molecule has 0 amide bonds. The number of benzene rings is 1. The van der Waals surface area contributed by atoms with Gasteiger partial charge in [-0.3, -0.25) is 0 Å². The fourth-order valence-corrected chi connectivity index (χ4v) is 1.72. The van der Waals surface area contributed by atoms with Crippen LogP contribution in [0.15, 0.2) is 18.2 Å². The van der Waals surface area contributed by atoms with Crippen molar-refractivity contribution in [2.75, 3.05) is 13.1 Å². The zero-order chi connectivity index (χ0) is 9.47. The number of hydrogen-bond acceptors (Lipinski definition) is 2. The zero-order valence-corrected chi connectivity index (χ0v) is 7.60. The molecule has 0 aromatic heterocycles. The molecule has 1 aromatic rings. The van der Waals surface area contributed by atoms with E-state index in [1.807, 2.05) is 6.92 Å². The minimum absolute atomic E-state index is 0.211. The van der Waals surface area contributed by atoms with E-state index in [-0.39, 0.29) is 11.4 Å². The molecule has 70 valence electrons. The van der Waals surface area contributed by atoms with Crippen molar-refractivity contribution in [1.82, 2.24) is 5.32 Å². The predicted molar refractivity (Wildman–Crippen MR) is 49.9 cm³/mol. The average Bonchev–Trinajstić information content (AvgIpc) is 2.05. The summed E-state index contributed by atoms with van der Waals surface area (Å²) in [5.41, 5.74) is 7.69. The van der Waals surface area contributed by atoms with E-state index in [1.165, 1.54) is 12.1 Å². The van der Waals surface area contributed by atoms with Crippen LogP contribution >= 0.6 is 0 Å². The molecule has 1 heterocycles. The van der Waals surface area contributed by atoms with E-state index in [4.69, 9.17) is 5.73 Å². The van der Waals surface area contributed by atoms with E-state index in [2.05, 4.69) is 5.32 Å². The first kappa shape index (κ1) is 8.66. The number of nitrogens with two attached hydrogens (primary N) is 1. The highest BCUT2D eigenvalue weighted by molar-refractivity contribution is 5.35. The number of nitrogens with one attached hydrogen (secondary N) is 1. The zero-order valence-electron chi connectivity index (χ0n) is 7.60. The third kappa shape index (κ3) is 1.34. The van der Waals surface area contributed by atoms with Gasteiger partial charge in [0, 0.05) is 13.1 Å². The Balaban J connectivity index is 2.43. The summed E-state index contributed by atoms with van der Waals surface area (Å²) in [7, 11) is 0. The highest BCUT2D eigenvalue weighted by Crippen LogP contribution is 2.26. The first-order valence-corrected chi connectivity index (χ1v) is 4.38. The van der Waals surface area contributed by atoms with E-state index in [1.54, 1.807) is 6.07 Å². The largest absolute Gasteiger partial charge is 0.319 e. The summed E-state index contributed by atoms with van der Waals surface area (Å²) in [6.07, 6.45) is 0. The van der Waals surface area contributed by atoms with Crippen LogP contribution in [0.25, 0.3) is 0 Å². The molecular formula is C10H13FN2. The monoisotopic (exact) mass is 180 g/mol. The molecule has 2 nitrogen and oxygen atoms in total. The molecule has 1 aliphatic heterocycles. The third-order valence-corrected chi connectivity index (χ3v) is 2.62. The molecule has 0 atom stereocenters. The second kappa shape index (κ2) is 2.79. The minimum atomic E-state index is -0.355. The lowest BCUT2D eigenvalue weighted by molar-refractivity contribution is 0.285. The molecule has 1 aliphatic rings. The van der Waals surface area contributed by atoms with E-state index < -0.39 is 0 Å². The van der Waals surface area contributed by atoms with Crippen LogP contribution in [0, 0.1) is 12.7 Å². The van der Waals surface area contributed by atoms with E-state index in [9.17, 15) is 4.39 Å². The second-order valence-corrected chi connectivity index (χ2v) is 3.72. The van der Waals surface area contributed by atoms with Gasteiger partial charge >= 0.3 is 0 Å². The van der Waals surface area contributed by atoms with Crippen molar-refractivity contribution in [3.8, 4) is 0 Å². The number of halogens is 1. The number of hydrogen-bond donors (Lipinski definition) is 2. The Bertz CT molecular complexity index is 332. The summed E-state index contributed by atoms with van der Waals surface area (Å²) in [5, 5.41) is 3.10. The standard InChI is InChI=1S/C10H13FN2/c1-7-2-3-8(11)4-9(7)10(12)5-13-6-10/h2-4,13H,5-6,12H2,1H3. The molecule has 3 heteroatoms. The number of aryl methyl sites for hydroxylation is 1. The van der Waals surface area contributed by atoms with Crippen LogP contribution in [-0.4, -0.2) is 13.1 Å². The molecule has 1 fully saturated rings. The van der Waals surface area contributed by atoms with Crippen LogP contribution in [0.4, 0.5) is 4.39 Å². The quantitative estimate of drug-likeness (QED) is 0.673. The molecule has 0 spiro atoms. The van der Waals surface area contributed by atoms with Gasteiger partial charge in [0.25, 0.3) is 0 Å². The molecule has 3 N–H and O–H groups in total. The first-order valence-electron chi connectivity index (χ1n) is 4.38. The Morgan fingerprint density at radius 3 is 2.69 bits per heavy atom. The van der Waals surface area contributed by atoms with E-state index in [0.29, 0.717) is 0 Å². The van der Waals surface area contributed by atoms with Crippen LogP contribution in [-0.2, 0) is 5.54 Å². The van der Waals surface area contributed by atoms with Gasteiger partial charge in [-0.2, -0.15) is 0 Å². The fraction of sp³-hybridized carbons (Fsp3) is 0.400. The number of rotatable bonds is 1. The van der Waals surface area contributed by atoms with Gasteiger partial charge in [0.15, 0.2) is 0 Å². The molecular weight excluding hydrogens is 167 g/mol. The average molecular weight is 180 g/mol. The van der Waals surface area contributed by atoms with Crippen molar-refractivity contribution >= 4 is 0 Å². The fourth-order valence-electron chi connectivity index (χ4n) is 1.72. The van der Waals surface area contributed by atoms with Gasteiger partial charge in [-0.25, -0.2) is 4.39 Å². The Kier molecular flexibility index (Phi) is 1.86. The van der Waals surface area contributed by atoms with Gasteiger partial charge in [-0.15, -0.1) is 0 Å². The van der Waals surface area contributed by atoms with Crippen molar-refractivity contribution in [1.29, 1.82) is 0 Å². The van der Waals surface area contributed by atoms with Gasteiger partial charge in [0.1, 0.15) is 5.82 Å². The summed E-state index contributed by atoms with van der Waals surface area (Å²) >= 11 is 0. The molecule has 2 rings (SSSR count). The Morgan fingerprint density at radius 1 is 1.46 bits per heavy atom. The molecule has 0 radical (unpaired) electrons. The highest BCUT2D eigenvalue weighted by Gasteiger charge is 2.35. The summed E-state index contributed by atoms with van der Waals surface area (Å²) < 4.78 is 13.0. The normalized spacial score (nSPS) is 19.6. The van der Waals surface area contributed by atoms with Gasteiger partial charge in [0.05, 0.1) is 5.54 Å².